The van der Waals surface area contributed by atoms with Crippen LogP contribution in [0.3, 0.4) is 0 Å². The normalized spacial score (nSPS) is 23.6. The van der Waals surface area contributed by atoms with Gasteiger partial charge in [-0.05, 0) is 12.8 Å². The molecule has 0 bridgehead atoms. The molecule has 0 aromatic rings. The van der Waals surface area contributed by atoms with E-state index in [2.05, 4.69) is 0 Å². The zero-order valence-corrected chi connectivity index (χ0v) is 6.41. The standard InChI is InChI=1S/C8H12F2O/c9-5-8(6-10)3-1-7(11)2-4-8/h1-6H2. The molecule has 0 amide bonds. The molecule has 0 atom stereocenters. The lowest BCUT2D eigenvalue weighted by molar-refractivity contribution is -0.122. The van der Waals surface area contributed by atoms with Crippen LogP contribution in [0.25, 0.3) is 0 Å². The second-order valence-electron chi connectivity index (χ2n) is 3.31. The monoisotopic (exact) mass is 162 g/mol. The van der Waals surface area contributed by atoms with Crippen LogP contribution in [-0.2, 0) is 4.79 Å². The Kier molecular flexibility index (Phi) is 2.58. The van der Waals surface area contributed by atoms with Gasteiger partial charge in [-0.3, -0.25) is 13.6 Å². The number of alkyl halides is 2. The smallest absolute Gasteiger partial charge is 0.132 e. The van der Waals surface area contributed by atoms with Crippen molar-refractivity contribution >= 4 is 5.78 Å². The maximum Gasteiger partial charge on any atom is 0.132 e. The van der Waals surface area contributed by atoms with Crippen LogP contribution < -0.4 is 0 Å². The van der Waals surface area contributed by atoms with Crippen molar-refractivity contribution in [3.63, 3.8) is 0 Å². The van der Waals surface area contributed by atoms with E-state index in [9.17, 15) is 13.6 Å². The summed E-state index contributed by atoms with van der Waals surface area (Å²) in [4.78, 5) is 10.7. The molecule has 0 unspecified atom stereocenters. The van der Waals surface area contributed by atoms with E-state index in [4.69, 9.17) is 0 Å². The van der Waals surface area contributed by atoms with E-state index in [1.165, 1.54) is 0 Å². The maximum absolute atomic E-state index is 12.3. The molecule has 0 heterocycles. The minimum absolute atomic E-state index is 0.141. The molecule has 0 N–H and O–H groups in total. The molecule has 0 saturated heterocycles. The first-order valence-electron chi connectivity index (χ1n) is 3.86. The van der Waals surface area contributed by atoms with Crippen molar-refractivity contribution in [3.8, 4) is 0 Å². The molecule has 0 aromatic carbocycles. The Morgan fingerprint density at radius 1 is 1.18 bits per heavy atom. The van der Waals surface area contributed by atoms with Gasteiger partial charge in [-0.15, -0.1) is 0 Å². The molecule has 1 aliphatic rings. The second-order valence-corrected chi connectivity index (χ2v) is 3.31. The quantitative estimate of drug-likeness (QED) is 0.607. The van der Waals surface area contributed by atoms with Gasteiger partial charge in [0.15, 0.2) is 0 Å². The molecule has 1 fully saturated rings. The summed E-state index contributed by atoms with van der Waals surface area (Å²) in [7, 11) is 0. The fourth-order valence-electron chi connectivity index (χ4n) is 1.36. The van der Waals surface area contributed by atoms with Crippen LogP contribution >= 0.6 is 0 Å². The van der Waals surface area contributed by atoms with Crippen LogP contribution in [0, 0.1) is 5.41 Å². The van der Waals surface area contributed by atoms with Gasteiger partial charge >= 0.3 is 0 Å². The lowest BCUT2D eigenvalue weighted by Crippen LogP contribution is -2.31. The second kappa shape index (κ2) is 3.28. The zero-order chi connectivity index (χ0) is 8.32. The van der Waals surface area contributed by atoms with Crippen molar-refractivity contribution in [2.24, 2.45) is 5.41 Å². The Morgan fingerprint density at radius 2 is 1.64 bits per heavy atom. The van der Waals surface area contributed by atoms with Crippen molar-refractivity contribution in [1.82, 2.24) is 0 Å². The molecule has 0 spiro atoms. The predicted molar refractivity (Wildman–Crippen MR) is 37.9 cm³/mol. The van der Waals surface area contributed by atoms with E-state index in [0.29, 0.717) is 25.7 Å². The number of carbonyl (C=O) groups excluding carboxylic acids is 1. The molecular weight excluding hydrogens is 150 g/mol. The topological polar surface area (TPSA) is 17.1 Å². The summed E-state index contributed by atoms with van der Waals surface area (Å²) in [6, 6.07) is 0. The molecule has 0 radical (unpaired) electrons. The van der Waals surface area contributed by atoms with Crippen molar-refractivity contribution < 1.29 is 13.6 Å². The Bertz CT molecular complexity index is 140. The first-order valence-corrected chi connectivity index (χ1v) is 3.86. The zero-order valence-electron chi connectivity index (χ0n) is 6.41. The Balaban J connectivity index is 2.52. The fourth-order valence-corrected chi connectivity index (χ4v) is 1.36. The highest BCUT2D eigenvalue weighted by Gasteiger charge is 2.34. The first kappa shape index (κ1) is 8.62. The largest absolute Gasteiger partial charge is 0.300 e. The van der Waals surface area contributed by atoms with Crippen LogP contribution in [-0.4, -0.2) is 19.1 Å². The van der Waals surface area contributed by atoms with E-state index >= 15 is 0 Å². The third-order valence-corrected chi connectivity index (χ3v) is 2.44. The third-order valence-electron chi connectivity index (χ3n) is 2.44. The van der Waals surface area contributed by atoms with Crippen LogP contribution in [0.15, 0.2) is 0 Å². The number of rotatable bonds is 2. The third kappa shape index (κ3) is 1.76. The highest BCUT2D eigenvalue weighted by atomic mass is 19.1. The lowest BCUT2D eigenvalue weighted by atomic mass is 9.76. The average Bonchev–Trinajstić information content (AvgIpc) is 2.07. The number of Topliss-reactive ketones (excluding diaryl/α,β-unsaturated/α-hetero) is 1. The summed E-state index contributed by atoms with van der Waals surface area (Å²) in [5, 5.41) is 0. The van der Waals surface area contributed by atoms with E-state index in [1.54, 1.807) is 0 Å². The number of hydrogen-bond donors (Lipinski definition) is 0. The van der Waals surface area contributed by atoms with Gasteiger partial charge in [0.25, 0.3) is 0 Å². The van der Waals surface area contributed by atoms with E-state index in [1.807, 2.05) is 0 Å². The molecular formula is C8H12F2O. The summed E-state index contributed by atoms with van der Waals surface area (Å²) in [5.41, 5.74) is -0.812. The van der Waals surface area contributed by atoms with Crippen LogP contribution in [0.2, 0.25) is 0 Å². The Morgan fingerprint density at radius 3 is 2.00 bits per heavy atom. The van der Waals surface area contributed by atoms with Crippen molar-refractivity contribution in [3.05, 3.63) is 0 Å². The van der Waals surface area contributed by atoms with Crippen LogP contribution in [0.4, 0.5) is 8.78 Å². The van der Waals surface area contributed by atoms with Gasteiger partial charge in [0, 0.05) is 18.3 Å². The molecule has 0 aromatic heterocycles. The summed E-state index contributed by atoms with van der Waals surface area (Å²) in [6.07, 6.45) is 1.49. The summed E-state index contributed by atoms with van der Waals surface area (Å²) in [6.45, 7) is -1.26. The van der Waals surface area contributed by atoms with Crippen LogP contribution in [0.1, 0.15) is 25.7 Å². The summed E-state index contributed by atoms with van der Waals surface area (Å²) in [5.74, 6) is 0.141. The van der Waals surface area contributed by atoms with Gasteiger partial charge in [0.1, 0.15) is 5.78 Å². The Labute approximate surface area is 64.8 Å². The Hall–Kier alpha value is -0.470. The average molecular weight is 162 g/mol. The summed E-state index contributed by atoms with van der Waals surface area (Å²) < 4.78 is 24.6. The SMILES string of the molecule is O=C1CCC(CF)(CF)CC1. The molecule has 64 valence electrons. The number of carbonyl (C=O) groups is 1. The maximum atomic E-state index is 12.3. The molecule has 3 heteroatoms. The minimum atomic E-state index is -0.812. The van der Waals surface area contributed by atoms with Crippen molar-refractivity contribution in [2.45, 2.75) is 25.7 Å². The highest BCUT2D eigenvalue weighted by Crippen LogP contribution is 2.35. The van der Waals surface area contributed by atoms with Crippen molar-refractivity contribution in [2.75, 3.05) is 13.3 Å². The predicted octanol–water partition coefficient (Wildman–Crippen LogP) is 2.05. The molecule has 0 aliphatic heterocycles. The van der Waals surface area contributed by atoms with Gasteiger partial charge in [-0.1, -0.05) is 0 Å². The van der Waals surface area contributed by atoms with E-state index < -0.39 is 18.8 Å². The van der Waals surface area contributed by atoms with Gasteiger partial charge < -0.3 is 0 Å². The van der Waals surface area contributed by atoms with E-state index in [0.717, 1.165) is 0 Å². The van der Waals surface area contributed by atoms with Gasteiger partial charge in [-0.25, -0.2) is 0 Å². The van der Waals surface area contributed by atoms with Crippen LogP contribution in [0.5, 0.6) is 0 Å². The first-order chi connectivity index (χ1) is 5.22. The number of hydrogen-bond acceptors (Lipinski definition) is 1. The fraction of sp³-hybridized carbons (Fsp3) is 0.875. The molecule has 1 aliphatic carbocycles. The van der Waals surface area contributed by atoms with Crippen molar-refractivity contribution in [1.29, 1.82) is 0 Å². The molecule has 1 saturated carbocycles. The molecule has 1 nitrogen and oxygen atoms in total. The van der Waals surface area contributed by atoms with Gasteiger partial charge in [0.05, 0.1) is 13.3 Å². The van der Waals surface area contributed by atoms with Gasteiger partial charge in [-0.2, -0.15) is 0 Å². The highest BCUT2D eigenvalue weighted by molar-refractivity contribution is 5.79. The lowest BCUT2D eigenvalue weighted by Gasteiger charge is -2.30. The molecule has 11 heavy (non-hydrogen) atoms. The van der Waals surface area contributed by atoms with E-state index in [-0.39, 0.29) is 5.78 Å². The summed E-state index contributed by atoms with van der Waals surface area (Å²) >= 11 is 0. The molecule has 1 rings (SSSR count). The van der Waals surface area contributed by atoms with Gasteiger partial charge in [0.2, 0.25) is 0 Å². The number of ketones is 1. The number of halogens is 2. The minimum Gasteiger partial charge on any atom is -0.300 e.